The van der Waals surface area contributed by atoms with Crippen LogP contribution in [-0.2, 0) is 0 Å². The van der Waals surface area contributed by atoms with Gasteiger partial charge in [0, 0.05) is 17.6 Å². The molecule has 5 nitrogen and oxygen atoms in total. The van der Waals surface area contributed by atoms with Crippen LogP contribution in [0.2, 0.25) is 0 Å². The van der Waals surface area contributed by atoms with Gasteiger partial charge in [-0.3, -0.25) is 4.90 Å². The Balaban J connectivity index is 1.66. The predicted octanol–water partition coefficient (Wildman–Crippen LogP) is 3.12. The molecule has 2 bridgehead atoms. The molecule has 1 N–H and O–H groups in total. The summed E-state index contributed by atoms with van der Waals surface area (Å²) in [6.07, 6.45) is 2.54. The first kappa shape index (κ1) is 13.9. The second-order valence-electron chi connectivity index (χ2n) is 6.99. The number of hydrogen-bond acceptors (Lipinski definition) is 5. The van der Waals surface area contributed by atoms with Gasteiger partial charge in [0.25, 0.3) is 0 Å². The minimum atomic E-state index is 0.152. The number of nitrogens with zero attached hydrogens (tertiary/aromatic N) is 2. The van der Waals surface area contributed by atoms with Gasteiger partial charge in [-0.2, -0.15) is 0 Å². The van der Waals surface area contributed by atoms with Crippen LogP contribution in [0.3, 0.4) is 0 Å². The first-order valence-electron chi connectivity index (χ1n) is 8.04. The van der Waals surface area contributed by atoms with Crippen molar-refractivity contribution < 1.29 is 9.26 Å². The van der Waals surface area contributed by atoms with E-state index in [4.69, 9.17) is 9.26 Å². The molecule has 3 aliphatic heterocycles. The lowest BCUT2D eigenvalue weighted by molar-refractivity contribution is -0.0189. The van der Waals surface area contributed by atoms with Crippen molar-refractivity contribution >= 4 is 16.8 Å². The molecular formula is C17H23N3O2. The first-order chi connectivity index (χ1) is 10.6. The Hall–Kier alpha value is -1.75. The molecule has 0 saturated carbocycles. The van der Waals surface area contributed by atoms with E-state index in [-0.39, 0.29) is 5.54 Å². The number of ether oxygens (including phenoxy) is 1. The largest absolute Gasteiger partial charge is 0.497 e. The molecule has 1 aromatic carbocycles. The van der Waals surface area contributed by atoms with E-state index in [0.29, 0.717) is 12.0 Å². The van der Waals surface area contributed by atoms with Crippen LogP contribution in [0.5, 0.6) is 5.75 Å². The maximum Gasteiger partial charge on any atom is 0.177 e. The molecule has 3 fully saturated rings. The lowest BCUT2D eigenvalue weighted by Gasteiger charge is -2.56. The Bertz CT molecular complexity index is 686. The molecule has 0 aliphatic carbocycles. The Morgan fingerprint density at radius 3 is 2.77 bits per heavy atom. The number of fused-ring (bicyclic) bond motifs is 4. The lowest BCUT2D eigenvalue weighted by atomic mass is 9.72. The zero-order valence-electron chi connectivity index (χ0n) is 13.4. The molecule has 1 aromatic heterocycles. The van der Waals surface area contributed by atoms with Crippen molar-refractivity contribution in [3.63, 3.8) is 0 Å². The maximum atomic E-state index is 5.48. The monoisotopic (exact) mass is 301 g/mol. The van der Waals surface area contributed by atoms with E-state index in [1.165, 1.54) is 25.9 Å². The molecule has 5 heteroatoms. The summed E-state index contributed by atoms with van der Waals surface area (Å²) in [5, 5.41) is 8.95. The number of aromatic nitrogens is 1. The van der Waals surface area contributed by atoms with E-state index in [0.717, 1.165) is 22.5 Å². The van der Waals surface area contributed by atoms with Crippen LogP contribution in [0, 0.1) is 5.92 Å². The average molecular weight is 301 g/mol. The van der Waals surface area contributed by atoms with Gasteiger partial charge in [-0.15, -0.1) is 0 Å². The van der Waals surface area contributed by atoms with Gasteiger partial charge in [0.05, 0.1) is 12.5 Å². The summed E-state index contributed by atoms with van der Waals surface area (Å²) >= 11 is 0. The molecule has 22 heavy (non-hydrogen) atoms. The third kappa shape index (κ3) is 1.99. The van der Waals surface area contributed by atoms with Crippen molar-refractivity contribution in [2.24, 2.45) is 5.92 Å². The molecule has 0 radical (unpaired) electrons. The summed E-state index contributed by atoms with van der Waals surface area (Å²) in [7, 11) is 1.66. The van der Waals surface area contributed by atoms with Crippen LogP contribution < -0.4 is 10.1 Å². The number of rotatable bonds is 3. The molecule has 5 rings (SSSR count). The van der Waals surface area contributed by atoms with Crippen molar-refractivity contribution in [1.82, 2.24) is 10.1 Å². The summed E-state index contributed by atoms with van der Waals surface area (Å²) in [5.41, 5.74) is 0.916. The van der Waals surface area contributed by atoms with Crippen molar-refractivity contribution in [2.75, 3.05) is 25.5 Å². The second-order valence-corrected chi connectivity index (χ2v) is 6.99. The SMILES string of the molecule is COc1ccc2c(NC3C4CCN(CC4)C3(C)C)noc2c1. The molecular weight excluding hydrogens is 278 g/mol. The van der Waals surface area contributed by atoms with E-state index < -0.39 is 0 Å². The highest BCUT2D eigenvalue weighted by Gasteiger charge is 2.47. The van der Waals surface area contributed by atoms with Crippen molar-refractivity contribution in [3.8, 4) is 5.75 Å². The normalized spacial score (nSPS) is 29.7. The van der Waals surface area contributed by atoms with Crippen LogP contribution >= 0.6 is 0 Å². The predicted molar refractivity (Wildman–Crippen MR) is 86.3 cm³/mol. The van der Waals surface area contributed by atoms with Gasteiger partial charge in [-0.1, -0.05) is 5.16 Å². The highest BCUT2D eigenvalue weighted by molar-refractivity contribution is 5.89. The number of hydrogen-bond donors (Lipinski definition) is 1. The van der Waals surface area contributed by atoms with Crippen LogP contribution in [-0.4, -0.2) is 41.8 Å². The van der Waals surface area contributed by atoms with Gasteiger partial charge in [-0.25, -0.2) is 0 Å². The summed E-state index contributed by atoms with van der Waals surface area (Å²) in [6.45, 7) is 7.10. The third-order valence-corrected chi connectivity index (χ3v) is 5.56. The Morgan fingerprint density at radius 2 is 2.09 bits per heavy atom. The minimum Gasteiger partial charge on any atom is -0.497 e. The number of nitrogens with one attached hydrogen (secondary N) is 1. The number of benzene rings is 1. The Kier molecular flexibility index (Phi) is 3.08. The zero-order valence-corrected chi connectivity index (χ0v) is 13.4. The van der Waals surface area contributed by atoms with Gasteiger partial charge in [0.2, 0.25) is 0 Å². The summed E-state index contributed by atoms with van der Waals surface area (Å²) in [5.74, 6) is 2.35. The van der Waals surface area contributed by atoms with Gasteiger partial charge < -0.3 is 14.6 Å². The highest BCUT2D eigenvalue weighted by Crippen LogP contribution is 2.41. The zero-order chi connectivity index (χ0) is 15.3. The molecule has 118 valence electrons. The van der Waals surface area contributed by atoms with Crippen LogP contribution in [0.15, 0.2) is 22.7 Å². The van der Waals surface area contributed by atoms with Gasteiger partial charge >= 0.3 is 0 Å². The van der Waals surface area contributed by atoms with E-state index >= 15 is 0 Å². The lowest BCUT2D eigenvalue weighted by Crippen LogP contribution is -2.66. The highest BCUT2D eigenvalue weighted by atomic mass is 16.5. The topological polar surface area (TPSA) is 50.5 Å². The third-order valence-electron chi connectivity index (χ3n) is 5.56. The molecule has 4 heterocycles. The number of methoxy groups -OCH3 is 1. The van der Waals surface area contributed by atoms with Gasteiger partial charge in [-0.05, 0) is 57.8 Å². The van der Waals surface area contributed by atoms with E-state index in [9.17, 15) is 0 Å². The Labute approximate surface area is 130 Å². The molecule has 1 atom stereocenters. The molecule has 1 unspecified atom stereocenters. The van der Waals surface area contributed by atoms with Crippen LogP contribution in [0.25, 0.3) is 11.0 Å². The summed E-state index contributed by atoms with van der Waals surface area (Å²) < 4.78 is 10.7. The van der Waals surface area contributed by atoms with E-state index in [2.05, 4.69) is 29.2 Å². The van der Waals surface area contributed by atoms with Gasteiger partial charge in [0.1, 0.15) is 5.75 Å². The fourth-order valence-electron chi connectivity index (χ4n) is 4.17. The first-order valence-corrected chi connectivity index (χ1v) is 8.04. The molecule has 3 saturated heterocycles. The van der Waals surface area contributed by atoms with Crippen LogP contribution in [0.1, 0.15) is 26.7 Å². The molecule has 3 aliphatic rings. The van der Waals surface area contributed by atoms with Crippen molar-refractivity contribution in [1.29, 1.82) is 0 Å². The smallest absolute Gasteiger partial charge is 0.177 e. The quantitative estimate of drug-likeness (QED) is 0.944. The standard InChI is InChI=1S/C17H23N3O2/c1-17(2)15(11-6-8-20(17)9-7-11)18-16-13-5-4-12(21-3)10-14(13)22-19-16/h4-5,10-11,15H,6-9H2,1-3H3,(H,18,19). The Morgan fingerprint density at radius 1 is 1.32 bits per heavy atom. The molecule has 0 spiro atoms. The van der Waals surface area contributed by atoms with Crippen LogP contribution in [0.4, 0.5) is 5.82 Å². The van der Waals surface area contributed by atoms with Crippen molar-refractivity contribution in [3.05, 3.63) is 18.2 Å². The van der Waals surface area contributed by atoms with E-state index in [1.807, 2.05) is 18.2 Å². The number of anilines is 1. The average Bonchev–Trinajstić information content (AvgIpc) is 2.93. The molecule has 2 aromatic rings. The number of piperidine rings is 3. The molecule has 0 amide bonds. The van der Waals surface area contributed by atoms with Crippen molar-refractivity contribution in [2.45, 2.75) is 38.3 Å². The summed E-state index contributed by atoms with van der Waals surface area (Å²) in [4.78, 5) is 2.59. The second kappa shape index (κ2) is 4.88. The summed E-state index contributed by atoms with van der Waals surface area (Å²) in [6, 6.07) is 6.26. The van der Waals surface area contributed by atoms with Gasteiger partial charge in [0.15, 0.2) is 11.4 Å². The minimum absolute atomic E-state index is 0.152. The maximum absolute atomic E-state index is 5.48. The van der Waals surface area contributed by atoms with E-state index in [1.54, 1.807) is 7.11 Å². The fraction of sp³-hybridized carbons (Fsp3) is 0.588. The fourth-order valence-corrected chi connectivity index (χ4v) is 4.17.